The SMILES string of the molecule is O=C(c1cnccn1)N1CCC[C@]2(C1)Nc1ccccc1NC2=NCc1ccccc1. The maximum absolute atomic E-state index is 13.1. The molecule has 1 atom stereocenters. The van der Waals surface area contributed by atoms with Crippen LogP contribution in [0.3, 0.4) is 0 Å². The molecule has 3 aromatic rings. The van der Waals surface area contributed by atoms with Gasteiger partial charge in [-0.3, -0.25) is 14.8 Å². The maximum Gasteiger partial charge on any atom is 0.274 e. The third kappa shape index (κ3) is 3.86. The molecular weight excluding hydrogens is 388 g/mol. The molecular formula is C24H24N6O. The van der Waals surface area contributed by atoms with Crippen LogP contribution in [0.2, 0.25) is 0 Å². The number of amides is 1. The van der Waals surface area contributed by atoms with Crippen LogP contribution in [0.4, 0.5) is 11.4 Å². The highest BCUT2D eigenvalue weighted by Gasteiger charge is 2.44. The van der Waals surface area contributed by atoms with Crippen molar-refractivity contribution in [3.8, 4) is 0 Å². The Bertz CT molecular complexity index is 1100. The van der Waals surface area contributed by atoms with Crippen molar-refractivity contribution in [2.24, 2.45) is 4.99 Å². The van der Waals surface area contributed by atoms with Crippen LogP contribution in [-0.4, -0.2) is 45.2 Å². The summed E-state index contributed by atoms with van der Waals surface area (Å²) in [6, 6.07) is 18.3. The Morgan fingerprint density at radius 3 is 2.68 bits per heavy atom. The van der Waals surface area contributed by atoms with Crippen molar-refractivity contribution in [2.75, 3.05) is 23.7 Å². The zero-order valence-electron chi connectivity index (χ0n) is 17.2. The molecule has 2 N–H and O–H groups in total. The van der Waals surface area contributed by atoms with Gasteiger partial charge in [0.1, 0.15) is 17.1 Å². The Labute approximate surface area is 181 Å². The molecule has 0 aliphatic carbocycles. The fraction of sp³-hybridized carbons (Fsp3) is 0.250. The van der Waals surface area contributed by atoms with E-state index in [0.29, 0.717) is 25.3 Å². The molecule has 1 amide bonds. The zero-order chi connectivity index (χ0) is 21.1. The number of aliphatic imine (C=N–C) groups is 1. The minimum Gasteiger partial charge on any atom is -0.370 e. The number of para-hydroxylation sites is 2. The number of aromatic nitrogens is 2. The number of hydrogen-bond acceptors (Lipinski definition) is 5. The summed E-state index contributed by atoms with van der Waals surface area (Å²) in [6.45, 7) is 1.77. The Hall–Kier alpha value is -3.74. The summed E-state index contributed by atoms with van der Waals surface area (Å²) in [5, 5.41) is 7.26. The molecule has 2 aromatic carbocycles. The van der Waals surface area contributed by atoms with Crippen molar-refractivity contribution in [1.82, 2.24) is 14.9 Å². The number of benzene rings is 2. The van der Waals surface area contributed by atoms with Gasteiger partial charge in [-0.05, 0) is 30.5 Å². The first-order chi connectivity index (χ1) is 15.2. The number of carbonyl (C=O) groups excluding carboxylic acids is 1. The number of rotatable bonds is 3. The molecule has 7 heteroatoms. The largest absolute Gasteiger partial charge is 0.370 e. The fourth-order valence-corrected chi connectivity index (χ4v) is 4.31. The lowest BCUT2D eigenvalue weighted by atomic mass is 9.85. The van der Waals surface area contributed by atoms with Gasteiger partial charge in [0.2, 0.25) is 0 Å². The molecule has 0 unspecified atom stereocenters. The van der Waals surface area contributed by atoms with E-state index in [-0.39, 0.29) is 5.91 Å². The summed E-state index contributed by atoms with van der Waals surface area (Å²) in [5.41, 5.74) is 3.06. The normalized spacial score (nSPS) is 21.3. The van der Waals surface area contributed by atoms with Crippen molar-refractivity contribution in [2.45, 2.75) is 24.9 Å². The maximum atomic E-state index is 13.1. The second-order valence-electron chi connectivity index (χ2n) is 7.95. The minimum atomic E-state index is -0.473. The molecule has 1 fully saturated rings. The van der Waals surface area contributed by atoms with E-state index in [1.54, 1.807) is 12.4 Å². The Morgan fingerprint density at radius 2 is 1.87 bits per heavy atom. The molecule has 2 aliphatic heterocycles. The van der Waals surface area contributed by atoms with Crippen LogP contribution in [0.15, 0.2) is 78.2 Å². The van der Waals surface area contributed by atoms with Gasteiger partial charge >= 0.3 is 0 Å². The first kappa shape index (κ1) is 19.2. The van der Waals surface area contributed by atoms with Crippen LogP contribution in [0, 0.1) is 0 Å². The summed E-state index contributed by atoms with van der Waals surface area (Å²) in [7, 11) is 0. The van der Waals surface area contributed by atoms with Gasteiger partial charge in [-0.25, -0.2) is 4.98 Å². The van der Waals surface area contributed by atoms with Crippen molar-refractivity contribution in [1.29, 1.82) is 0 Å². The number of amidine groups is 1. The zero-order valence-corrected chi connectivity index (χ0v) is 17.2. The second kappa shape index (κ2) is 8.18. The third-order valence-corrected chi connectivity index (χ3v) is 5.83. The summed E-state index contributed by atoms with van der Waals surface area (Å²) >= 11 is 0. The molecule has 1 aromatic heterocycles. The van der Waals surface area contributed by atoms with E-state index >= 15 is 0 Å². The van der Waals surface area contributed by atoms with E-state index in [1.165, 1.54) is 6.20 Å². The van der Waals surface area contributed by atoms with Gasteiger partial charge in [-0.15, -0.1) is 0 Å². The average Bonchev–Trinajstić information content (AvgIpc) is 2.83. The highest BCUT2D eigenvalue weighted by molar-refractivity contribution is 6.10. The number of hydrogen-bond donors (Lipinski definition) is 2. The topological polar surface area (TPSA) is 82.5 Å². The number of anilines is 2. The number of likely N-dealkylation sites (tertiary alicyclic amines) is 1. The number of nitrogens with zero attached hydrogens (tertiary/aromatic N) is 4. The summed E-state index contributed by atoms with van der Waals surface area (Å²) in [6.07, 6.45) is 6.40. The van der Waals surface area contributed by atoms with Crippen LogP contribution in [0.1, 0.15) is 28.9 Å². The summed E-state index contributed by atoms with van der Waals surface area (Å²) in [4.78, 5) is 28.2. The Morgan fingerprint density at radius 1 is 1.06 bits per heavy atom. The van der Waals surface area contributed by atoms with Crippen LogP contribution in [0.5, 0.6) is 0 Å². The smallest absolute Gasteiger partial charge is 0.274 e. The predicted octanol–water partition coefficient (Wildman–Crippen LogP) is 3.59. The quantitative estimate of drug-likeness (QED) is 0.687. The molecule has 0 radical (unpaired) electrons. The van der Waals surface area contributed by atoms with Crippen LogP contribution in [0.25, 0.3) is 0 Å². The molecule has 1 saturated heterocycles. The van der Waals surface area contributed by atoms with Gasteiger partial charge < -0.3 is 15.5 Å². The standard InChI is InChI=1S/C24H24N6O/c31-22(21-16-25-12-13-26-21)30-14-6-11-24(17-30)23(27-15-18-7-2-1-3-8-18)28-19-9-4-5-10-20(19)29-24/h1-5,7-10,12-13,16,29H,6,11,14-15,17H2,(H,27,28)/t24-/m1/s1. The van der Waals surface area contributed by atoms with Gasteiger partial charge in [-0.1, -0.05) is 42.5 Å². The van der Waals surface area contributed by atoms with Crippen LogP contribution >= 0.6 is 0 Å². The van der Waals surface area contributed by atoms with Crippen LogP contribution in [-0.2, 0) is 6.54 Å². The molecule has 156 valence electrons. The lowest BCUT2D eigenvalue weighted by Crippen LogP contribution is -2.62. The molecule has 0 saturated carbocycles. The Kier molecular flexibility index (Phi) is 5.08. The highest BCUT2D eigenvalue weighted by Crippen LogP contribution is 2.36. The van der Waals surface area contributed by atoms with Gasteiger partial charge in [0.05, 0.1) is 30.7 Å². The highest BCUT2D eigenvalue weighted by atomic mass is 16.2. The Balaban J connectivity index is 1.48. The summed E-state index contributed by atoms with van der Waals surface area (Å²) < 4.78 is 0. The fourth-order valence-electron chi connectivity index (χ4n) is 4.31. The van der Waals surface area contributed by atoms with Gasteiger partial charge in [0, 0.05) is 18.9 Å². The first-order valence-corrected chi connectivity index (χ1v) is 10.5. The van der Waals surface area contributed by atoms with Crippen molar-refractivity contribution in [3.63, 3.8) is 0 Å². The van der Waals surface area contributed by atoms with Gasteiger partial charge in [-0.2, -0.15) is 0 Å². The predicted molar refractivity (Wildman–Crippen MR) is 121 cm³/mol. The van der Waals surface area contributed by atoms with Crippen molar-refractivity contribution in [3.05, 3.63) is 84.4 Å². The molecule has 3 heterocycles. The number of nitrogens with one attached hydrogen (secondary N) is 2. The molecule has 31 heavy (non-hydrogen) atoms. The van der Waals surface area contributed by atoms with Crippen LogP contribution < -0.4 is 10.6 Å². The molecule has 0 bridgehead atoms. The second-order valence-corrected chi connectivity index (χ2v) is 7.95. The minimum absolute atomic E-state index is 0.102. The van der Waals surface area contributed by atoms with E-state index < -0.39 is 5.54 Å². The number of carbonyl (C=O) groups is 1. The first-order valence-electron chi connectivity index (χ1n) is 10.5. The van der Waals surface area contributed by atoms with Gasteiger partial charge in [0.25, 0.3) is 5.91 Å². The van der Waals surface area contributed by atoms with E-state index in [4.69, 9.17) is 4.99 Å². The van der Waals surface area contributed by atoms with E-state index in [0.717, 1.165) is 35.6 Å². The molecule has 5 rings (SSSR count). The summed E-state index contributed by atoms with van der Waals surface area (Å²) in [5.74, 6) is 0.766. The third-order valence-electron chi connectivity index (χ3n) is 5.83. The average molecular weight is 412 g/mol. The van der Waals surface area contributed by atoms with Crippen molar-refractivity contribution < 1.29 is 4.79 Å². The number of fused-ring (bicyclic) bond motifs is 1. The van der Waals surface area contributed by atoms with Crippen molar-refractivity contribution >= 4 is 23.1 Å². The van der Waals surface area contributed by atoms with Gasteiger partial charge in [0.15, 0.2) is 0 Å². The van der Waals surface area contributed by atoms with E-state index in [1.807, 2.05) is 41.3 Å². The molecule has 7 nitrogen and oxygen atoms in total. The molecule has 2 aliphatic rings. The number of piperidine rings is 1. The van der Waals surface area contributed by atoms with E-state index in [2.05, 4.69) is 38.8 Å². The molecule has 1 spiro atoms. The monoisotopic (exact) mass is 412 g/mol. The lowest BCUT2D eigenvalue weighted by Gasteiger charge is -2.47. The lowest BCUT2D eigenvalue weighted by molar-refractivity contribution is 0.0688. The van der Waals surface area contributed by atoms with E-state index in [9.17, 15) is 4.79 Å².